The molecule has 0 aliphatic carbocycles. The molecule has 0 radical (unpaired) electrons. The molecule has 5 heteroatoms. The van der Waals surface area contributed by atoms with Gasteiger partial charge in [-0.15, -0.1) is 0 Å². The number of rotatable bonds is 3. The van der Waals surface area contributed by atoms with Crippen LogP contribution in [0.4, 0.5) is 5.69 Å². The maximum Gasteiger partial charge on any atom is 0.231 e. The number of anilines is 1. The van der Waals surface area contributed by atoms with Gasteiger partial charge >= 0.3 is 0 Å². The molecule has 2 aliphatic rings. The van der Waals surface area contributed by atoms with Crippen LogP contribution in [0.15, 0.2) is 28.7 Å². The normalized spacial score (nSPS) is 19.0. The van der Waals surface area contributed by atoms with Crippen LogP contribution >= 0.6 is 0 Å². The van der Waals surface area contributed by atoms with Crippen LogP contribution in [0, 0.1) is 0 Å². The second-order valence-electron chi connectivity index (χ2n) is 5.65. The minimum Gasteiger partial charge on any atom is -0.465 e. The zero-order valence-corrected chi connectivity index (χ0v) is 12.3. The van der Waals surface area contributed by atoms with Crippen LogP contribution in [-0.4, -0.2) is 12.7 Å². The van der Waals surface area contributed by atoms with Crippen molar-refractivity contribution < 1.29 is 18.7 Å². The molecule has 5 nitrogen and oxygen atoms in total. The lowest BCUT2D eigenvalue weighted by atomic mass is 9.88. The third-order valence-corrected chi connectivity index (χ3v) is 4.11. The maximum absolute atomic E-state index is 12.0. The Labute approximate surface area is 128 Å². The molecular weight excluding hydrogens is 282 g/mol. The van der Waals surface area contributed by atoms with Crippen molar-refractivity contribution in [3.05, 3.63) is 41.3 Å². The molecule has 1 atom stereocenters. The molecule has 1 N–H and O–H groups in total. The topological polar surface area (TPSA) is 60.7 Å². The van der Waals surface area contributed by atoms with E-state index in [1.165, 1.54) is 0 Å². The fourth-order valence-corrected chi connectivity index (χ4v) is 3.07. The summed E-state index contributed by atoms with van der Waals surface area (Å²) in [6.07, 6.45) is 2.33. The van der Waals surface area contributed by atoms with Gasteiger partial charge in [0.15, 0.2) is 11.5 Å². The average Bonchev–Trinajstić information content (AvgIpc) is 3.13. The number of hydrogen-bond acceptors (Lipinski definition) is 4. The summed E-state index contributed by atoms with van der Waals surface area (Å²) in [5.41, 5.74) is 1.79. The van der Waals surface area contributed by atoms with Gasteiger partial charge in [-0.25, -0.2) is 0 Å². The quantitative estimate of drug-likeness (QED) is 0.943. The van der Waals surface area contributed by atoms with E-state index in [2.05, 4.69) is 12.2 Å². The molecular formula is C17H17NO4. The number of benzene rings is 1. The third-order valence-electron chi connectivity index (χ3n) is 4.11. The monoisotopic (exact) mass is 299 g/mol. The second-order valence-corrected chi connectivity index (χ2v) is 5.65. The van der Waals surface area contributed by atoms with E-state index in [0.717, 1.165) is 41.4 Å². The summed E-state index contributed by atoms with van der Waals surface area (Å²) in [6, 6.07) is 7.75. The Morgan fingerprint density at radius 3 is 2.86 bits per heavy atom. The molecule has 1 amide bonds. The molecule has 4 rings (SSSR count). The standard InChI is InChI=1S/C17H17NO4/c1-2-3-10-4-5-14(22-10)12-7-17(19)18-13-8-16-15(6-11(12)13)20-9-21-16/h4-6,8,12H,2-3,7,9H2,1H3,(H,18,19)/t12-/m0/s1. The predicted molar refractivity (Wildman–Crippen MR) is 80.4 cm³/mol. The van der Waals surface area contributed by atoms with Crippen molar-refractivity contribution in [1.29, 1.82) is 0 Å². The summed E-state index contributed by atoms with van der Waals surface area (Å²) in [6.45, 7) is 2.34. The van der Waals surface area contributed by atoms with Crippen LogP contribution in [0.2, 0.25) is 0 Å². The Morgan fingerprint density at radius 2 is 2.05 bits per heavy atom. The first-order valence-corrected chi connectivity index (χ1v) is 7.56. The number of furan rings is 1. The molecule has 2 aromatic rings. The SMILES string of the molecule is CCCc1ccc([C@H]2CC(=O)Nc3cc4c(cc32)OCO4)o1. The van der Waals surface area contributed by atoms with E-state index in [-0.39, 0.29) is 18.6 Å². The van der Waals surface area contributed by atoms with E-state index in [0.29, 0.717) is 12.2 Å². The van der Waals surface area contributed by atoms with Crippen LogP contribution in [0.3, 0.4) is 0 Å². The van der Waals surface area contributed by atoms with E-state index in [9.17, 15) is 4.79 Å². The number of aryl methyl sites for hydroxylation is 1. The number of amides is 1. The lowest BCUT2D eigenvalue weighted by Gasteiger charge is -2.24. The number of hydrogen-bond donors (Lipinski definition) is 1. The zero-order valence-electron chi connectivity index (χ0n) is 12.3. The highest BCUT2D eigenvalue weighted by Gasteiger charge is 2.31. The molecule has 0 bridgehead atoms. The van der Waals surface area contributed by atoms with Crippen LogP contribution in [0.5, 0.6) is 11.5 Å². The predicted octanol–water partition coefficient (Wildman–Crippen LogP) is 3.43. The fourth-order valence-electron chi connectivity index (χ4n) is 3.07. The summed E-state index contributed by atoms with van der Waals surface area (Å²) in [7, 11) is 0. The van der Waals surface area contributed by atoms with Crippen molar-refractivity contribution in [2.75, 3.05) is 12.1 Å². The van der Waals surface area contributed by atoms with Gasteiger partial charge in [0.25, 0.3) is 0 Å². The number of ether oxygens (including phenoxy) is 2. The van der Waals surface area contributed by atoms with Gasteiger partial charge in [-0.3, -0.25) is 4.79 Å². The molecule has 2 aliphatic heterocycles. The van der Waals surface area contributed by atoms with Crippen molar-refractivity contribution in [2.45, 2.75) is 32.1 Å². The van der Waals surface area contributed by atoms with Gasteiger partial charge in [0.05, 0.1) is 5.92 Å². The Balaban J connectivity index is 1.76. The van der Waals surface area contributed by atoms with Crippen molar-refractivity contribution in [1.82, 2.24) is 0 Å². The van der Waals surface area contributed by atoms with Crippen molar-refractivity contribution in [2.24, 2.45) is 0 Å². The first kappa shape index (κ1) is 13.2. The van der Waals surface area contributed by atoms with E-state index in [4.69, 9.17) is 13.9 Å². The smallest absolute Gasteiger partial charge is 0.231 e. The second kappa shape index (κ2) is 5.09. The summed E-state index contributed by atoms with van der Waals surface area (Å²) in [5, 5.41) is 2.91. The van der Waals surface area contributed by atoms with Crippen molar-refractivity contribution in [3.8, 4) is 11.5 Å². The molecule has 0 saturated heterocycles. The largest absolute Gasteiger partial charge is 0.465 e. The van der Waals surface area contributed by atoms with Gasteiger partial charge in [0.1, 0.15) is 11.5 Å². The highest BCUT2D eigenvalue weighted by Crippen LogP contribution is 2.44. The highest BCUT2D eigenvalue weighted by molar-refractivity contribution is 5.95. The van der Waals surface area contributed by atoms with Gasteiger partial charge in [-0.1, -0.05) is 6.92 Å². The summed E-state index contributed by atoms with van der Waals surface area (Å²) in [5.74, 6) is 3.10. The molecule has 0 spiro atoms. The molecule has 0 saturated carbocycles. The Hall–Kier alpha value is -2.43. The van der Waals surface area contributed by atoms with E-state index in [1.54, 1.807) is 0 Å². The first-order chi connectivity index (χ1) is 10.7. The van der Waals surface area contributed by atoms with Gasteiger partial charge in [0.2, 0.25) is 12.7 Å². The minimum atomic E-state index is -0.0798. The molecule has 114 valence electrons. The van der Waals surface area contributed by atoms with Crippen molar-refractivity contribution >= 4 is 11.6 Å². The summed E-state index contributed by atoms with van der Waals surface area (Å²) < 4.78 is 16.8. The van der Waals surface area contributed by atoms with Gasteiger partial charge in [0, 0.05) is 24.6 Å². The molecule has 22 heavy (non-hydrogen) atoms. The van der Waals surface area contributed by atoms with Gasteiger partial charge in [-0.2, -0.15) is 0 Å². The molecule has 0 fully saturated rings. The van der Waals surface area contributed by atoms with Crippen LogP contribution in [0.1, 0.15) is 42.8 Å². The van der Waals surface area contributed by atoms with Crippen molar-refractivity contribution in [3.63, 3.8) is 0 Å². The molecule has 0 unspecified atom stereocenters. The first-order valence-electron chi connectivity index (χ1n) is 7.56. The number of fused-ring (bicyclic) bond motifs is 2. The summed E-state index contributed by atoms with van der Waals surface area (Å²) >= 11 is 0. The van der Waals surface area contributed by atoms with Gasteiger partial charge in [-0.05, 0) is 30.2 Å². The average molecular weight is 299 g/mol. The van der Waals surface area contributed by atoms with Gasteiger partial charge < -0.3 is 19.2 Å². The number of carbonyl (C=O) groups excluding carboxylic acids is 1. The fraction of sp³-hybridized carbons (Fsp3) is 0.353. The third kappa shape index (κ3) is 2.13. The lowest BCUT2D eigenvalue weighted by molar-refractivity contribution is -0.116. The minimum absolute atomic E-state index is 0.00944. The van der Waals surface area contributed by atoms with Crippen LogP contribution in [-0.2, 0) is 11.2 Å². The van der Waals surface area contributed by atoms with Crippen LogP contribution in [0.25, 0.3) is 0 Å². The molecule has 1 aromatic carbocycles. The maximum atomic E-state index is 12.0. The van der Waals surface area contributed by atoms with E-state index < -0.39 is 0 Å². The Bertz CT molecular complexity index is 734. The Kier molecular flexibility index (Phi) is 3.06. The lowest BCUT2D eigenvalue weighted by Crippen LogP contribution is -2.23. The number of carbonyl (C=O) groups is 1. The highest BCUT2D eigenvalue weighted by atomic mass is 16.7. The zero-order chi connectivity index (χ0) is 15.1. The molecule has 1 aromatic heterocycles. The van der Waals surface area contributed by atoms with E-state index >= 15 is 0 Å². The van der Waals surface area contributed by atoms with Crippen LogP contribution < -0.4 is 14.8 Å². The summed E-state index contributed by atoms with van der Waals surface area (Å²) in [4.78, 5) is 12.0. The number of nitrogens with one attached hydrogen (secondary N) is 1. The Morgan fingerprint density at radius 1 is 1.23 bits per heavy atom. The molecule has 3 heterocycles. The van der Waals surface area contributed by atoms with E-state index in [1.807, 2.05) is 24.3 Å².